The second-order valence-corrected chi connectivity index (χ2v) is 5.97. The van der Waals surface area contributed by atoms with Crippen molar-refractivity contribution in [3.8, 4) is 5.75 Å². The van der Waals surface area contributed by atoms with Crippen molar-refractivity contribution in [3.63, 3.8) is 0 Å². The quantitative estimate of drug-likeness (QED) is 0.718. The molecule has 2 N–H and O–H groups in total. The predicted octanol–water partition coefficient (Wildman–Crippen LogP) is 2.67. The molecule has 0 aliphatic carbocycles. The predicted molar refractivity (Wildman–Crippen MR) is 98.0 cm³/mol. The minimum absolute atomic E-state index is 0.0286. The van der Waals surface area contributed by atoms with Gasteiger partial charge < -0.3 is 19.5 Å². The molecule has 0 spiro atoms. The summed E-state index contributed by atoms with van der Waals surface area (Å²) in [6, 6.07) is 3.45. The van der Waals surface area contributed by atoms with E-state index in [1.165, 1.54) is 0 Å². The minimum Gasteiger partial charge on any atom is -0.508 e. The number of aromatic hydroxyl groups is 1. The zero-order valence-electron chi connectivity index (χ0n) is 15.5. The second-order valence-electron chi connectivity index (χ2n) is 5.97. The molecule has 0 saturated heterocycles. The van der Waals surface area contributed by atoms with E-state index in [1.54, 1.807) is 19.1 Å². The summed E-state index contributed by atoms with van der Waals surface area (Å²) in [4.78, 5) is 14.8. The number of ether oxygens (including phenoxy) is 1. The standard InChI is InChI=1S/C19H28N2O4/c1-5-20(6-2)12-14-16(23)9-8-15-18(14)17(19(24)25-7-3)13(4)21(15)10-11-22/h8-9,22-23H,5-7,10-12H2,1-4H3. The largest absolute Gasteiger partial charge is 0.508 e. The molecule has 0 bridgehead atoms. The molecule has 1 aromatic heterocycles. The first-order valence-corrected chi connectivity index (χ1v) is 8.83. The van der Waals surface area contributed by atoms with Gasteiger partial charge in [-0.15, -0.1) is 0 Å². The highest BCUT2D eigenvalue weighted by Gasteiger charge is 2.25. The van der Waals surface area contributed by atoms with E-state index in [0.29, 0.717) is 18.7 Å². The lowest BCUT2D eigenvalue weighted by Gasteiger charge is -2.20. The van der Waals surface area contributed by atoms with E-state index < -0.39 is 5.97 Å². The van der Waals surface area contributed by atoms with Gasteiger partial charge in [-0.3, -0.25) is 4.90 Å². The molecule has 0 radical (unpaired) electrons. The van der Waals surface area contributed by atoms with Gasteiger partial charge in [0, 0.05) is 35.2 Å². The molecule has 0 unspecified atom stereocenters. The van der Waals surface area contributed by atoms with Crippen LogP contribution < -0.4 is 0 Å². The van der Waals surface area contributed by atoms with E-state index in [0.717, 1.165) is 35.2 Å². The van der Waals surface area contributed by atoms with Crippen LogP contribution in [-0.4, -0.2) is 52.0 Å². The van der Waals surface area contributed by atoms with Crippen LogP contribution in [0.5, 0.6) is 5.75 Å². The molecule has 6 heteroatoms. The van der Waals surface area contributed by atoms with Crippen LogP contribution in [0.2, 0.25) is 0 Å². The van der Waals surface area contributed by atoms with Gasteiger partial charge in [-0.2, -0.15) is 0 Å². The third kappa shape index (κ3) is 3.65. The Morgan fingerprint density at radius 1 is 1.24 bits per heavy atom. The number of aliphatic hydroxyl groups excluding tert-OH is 1. The Morgan fingerprint density at radius 3 is 2.48 bits per heavy atom. The van der Waals surface area contributed by atoms with E-state index in [1.807, 2.05) is 11.5 Å². The molecule has 0 saturated carbocycles. The van der Waals surface area contributed by atoms with Gasteiger partial charge in [-0.25, -0.2) is 4.79 Å². The first-order chi connectivity index (χ1) is 12.0. The Kier molecular flexibility index (Phi) is 6.45. The third-order valence-electron chi connectivity index (χ3n) is 4.65. The summed E-state index contributed by atoms with van der Waals surface area (Å²) in [6.45, 7) is 10.6. The van der Waals surface area contributed by atoms with Crippen molar-refractivity contribution < 1.29 is 19.7 Å². The molecular weight excluding hydrogens is 320 g/mol. The number of benzene rings is 1. The molecule has 138 valence electrons. The molecule has 1 aromatic carbocycles. The molecule has 0 aliphatic rings. The van der Waals surface area contributed by atoms with Gasteiger partial charge in [0.25, 0.3) is 0 Å². The van der Waals surface area contributed by atoms with Crippen LogP contribution in [0.1, 0.15) is 42.4 Å². The monoisotopic (exact) mass is 348 g/mol. The Morgan fingerprint density at radius 2 is 1.92 bits per heavy atom. The number of carbonyl (C=O) groups excluding carboxylic acids is 1. The number of phenols is 1. The third-order valence-corrected chi connectivity index (χ3v) is 4.65. The number of hydrogen-bond acceptors (Lipinski definition) is 5. The van der Waals surface area contributed by atoms with E-state index in [4.69, 9.17) is 4.74 Å². The average molecular weight is 348 g/mol. The first-order valence-electron chi connectivity index (χ1n) is 8.83. The Balaban J connectivity index is 2.76. The van der Waals surface area contributed by atoms with Crippen molar-refractivity contribution in [2.75, 3.05) is 26.3 Å². The fourth-order valence-corrected chi connectivity index (χ4v) is 3.30. The normalized spacial score (nSPS) is 11.4. The number of nitrogens with zero attached hydrogens (tertiary/aromatic N) is 2. The summed E-state index contributed by atoms with van der Waals surface area (Å²) in [6.07, 6.45) is 0. The lowest BCUT2D eigenvalue weighted by Crippen LogP contribution is -2.22. The average Bonchev–Trinajstić information content (AvgIpc) is 2.87. The van der Waals surface area contributed by atoms with Crippen molar-refractivity contribution in [1.82, 2.24) is 9.47 Å². The van der Waals surface area contributed by atoms with Crippen LogP contribution in [0.15, 0.2) is 12.1 Å². The Bertz CT molecular complexity index is 748. The number of rotatable bonds is 8. The number of phenolic OH excluding ortho intramolecular Hbond substituents is 1. The summed E-state index contributed by atoms with van der Waals surface area (Å²) in [5.74, 6) is -0.223. The molecule has 0 amide bonds. The maximum atomic E-state index is 12.6. The van der Waals surface area contributed by atoms with Crippen LogP contribution in [0.3, 0.4) is 0 Å². The van der Waals surface area contributed by atoms with Crippen molar-refractivity contribution in [2.45, 2.75) is 40.8 Å². The minimum atomic E-state index is -0.395. The van der Waals surface area contributed by atoms with E-state index in [2.05, 4.69) is 18.7 Å². The highest BCUT2D eigenvalue weighted by molar-refractivity contribution is 6.08. The molecule has 1 heterocycles. The molecule has 2 rings (SSSR count). The van der Waals surface area contributed by atoms with Crippen LogP contribution in [0.25, 0.3) is 10.9 Å². The smallest absolute Gasteiger partial charge is 0.340 e. The zero-order valence-corrected chi connectivity index (χ0v) is 15.5. The summed E-state index contributed by atoms with van der Waals surface area (Å²) < 4.78 is 7.16. The zero-order chi connectivity index (χ0) is 18.6. The highest BCUT2D eigenvalue weighted by Crippen LogP contribution is 2.35. The van der Waals surface area contributed by atoms with Crippen molar-refractivity contribution in [2.24, 2.45) is 0 Å². The fourth-order valence-electron chi connectivity index (χ4n) is 3.30. The van der Waals surface area contributed by atoms with Crippen molar-refractivity contribution in [3.05, 3.63) is 29.0 Å². The number of aromatic nitrogens is 1. The van der Waals surface area contributed by atoms with E-state index >= 15 is 0 Å². The van der Waals surface area contributed by atoms with Gasteiger partial charge >= 0.3 is 5.97 Å². The lowest BCUT2D eigenvalue weighted by molar-refractivity contribution is 0.0527. The number of hydrogen-bond donors (Lipinski definition) is 2. The van der Waals surface area contributed by atoms with Crippen LogP contribution in [0.4, 0.5) is 0 Å². The van der Waals surface area contributed by atoms with E-state index in [-0.39, 0.29) is 19.0 Å². The van der Waals surface area contributed by atoms with Gasteiger partial charge in [-0.05, 0) is 39.1 Å². The second kappa shape index (κ2) is 8.36. The number of esters is 1. The Hall–Kier alpha value is -2.05. The molecule has 2 aromatic rings. The summed E-state index contributed by atoms with van der Waals surface area (Å²) in [7, 11) is 0. The number of aliphatic hydroxyl groups is 1. The molecule has 0 atom stereocenters. The molecular formula is C19H28N2O4. The lowest BCUT2D eigenvalue weighted by atomic mass is 10.0. The van der Waals surface area contributed by atoms with Gasteiger partial charge in [0.1, 0.15) is 5.75 Å². The molecule has 25 heavy (non-hydrogen) atoms. The van der Waals surface area contributed by atoms with Crippen LogP contribution >= 0.6 is 0 Å². The SMILES string of the molecule is CCOC(=O)c1c(C)n(CCO)c2ccc(O)c(CN(CC)CC)c12. The fraction of sp³-hybridized carbons (Fsp3) is 0.526. The van der Waals surface area contributed by atoms with Gasteiger partial charge in [-0.1, -0.05) is 13.8 Å². The summed E-state index contributed by atoms with van der Waals surface area (Å²) >= 11 is 0. The van der Waals surface area contributed by atoms with Gasteiger partial charge in [0.2, 0.25) is 0 Å². The number of carbonyl (C=O) groups is 1. The summed E-state index contributed by atoms with van der Waals surface area (Å²) in [5.41, 5.74) is 2.77. The van der Waals surface area contributed by atoms with E-state index in [9.17, 15) is 15.0 Å². The molecule has 0 fully saturated rings. The number of fused-ring (bicyclic) bond motifs is 1. The maximum Gasteiger partial charge on any atom is 0.340 e. The highest BCUT2D eigenvalue weighted by atomic mass is 16.5. The van der Waals surface area contributed by atoms with Crippen LogP contribution in [-0.2, 0) is 17.8 Å². The van der Waals surface area contributed by atoms with Gasteiger partial charge in [0.05, 0.1) is 18.8 Å². The van der Waals surface area contributed by atoms with Gasteiger partial charge in [0.15, 0.2) is 0 Å². The van der Waals surface area contributed by atoms with Crippen LogP contribution in [0, 0.1) is 6.92 Å². The molecule has 0 aliphatic heterocycles. The summed E-state index contributed by atoms with van der Waals surface area (Å²) in [5, 5.41) is 20.6. The molecule has 6 nitrogen and oxygen atoms in total. The van der Waals surface area contributed by atoms with Crippen molar-refractivity contribution in [1.29, 1.82) is 0 Å². The maximum absolute atomic E-state index is 12.6. The Labute approximate surface area is 148 Å². The topological polar surface area (TPSA) is 74.9 Å². The first kappa shape index (κ1) is 19.3. The van der Waals surface area contributed by atoms with Crippen molar-refractivity contribution >= 4 is 16.9 Å².